The van der Waals surface area contributed by atoms with Crippen molar-refractivity contribution >= 4 is 21.1 Å². The van der Waals surface area contributed by atoms with Gasteiger partial charge < -0.3 is 0 Å². The highest BCUT2D eigenvalue weighted by atomic mass is 32.2. The first-order valence-electron chi connectivity index (χ1n) is 6.05. The number of nitrogens with one attached hydrogen (secondary N) is 1. The third kappa shape index (κ3) is 3.42. The largest absolute Gasteiger partial charge is 0.249 e. The van der Waals surface area contributed by atoms with Crippen molar-refractivity contribution in [3.8, 4) is 0 Å². The van der Waals surface area contributed by atoms with Gasteiger partial charge in [0.05, 0.1) is 26.2 Å². The van der Waals surface area contributed by atoms with Crippen LogP contribution in [0, 0.1) is 4.78 Å². The average molecular weight is 294 g/mol. The van der Waals surface area contributed by atoms with E-state index < -0.39 is 9.73 Å². The Balaban J connectivity index is 2.25. The molecule has 1 N–H and O–H groups in total. The van der Waals surface area contributed by atoms with Gasteiger partial charge in [-0.25, -0.2) is 14.0 Å². The van der Waals surface area contributed by atoms with Crippen molar-refractivity contribution in [2.45, 2.75) is 36.8 Å². The number of aromatic nitrogens is 1. The summed E-state index contributed by atoms with van der Waals surface area (Å²) in [5, 5.41) is 2.93. The van der Waals surface area contributed by atoms with Crippen molar-refractivity contribution in [2.75, 3.05) is 0 Å². The van der Waals surface area contributed by atoms with Crippen LogP contribution in [-0.2, 0) is 20.9 Å². The zero-order chi connectivity index (χ0) is 14.1. The van der Waals surface area contributed by atoms with Crippen LogP contribution >= 0.6 is 11.3 Å². The SMILES string of the molecule is CC(C)(C)c1nc(CS(=N)(=O)c2ccccc2)cs1. The van der Waals surface area contributed by atoms with Crippen molar-refractivity contribution in [1.82, 2.24) is 4.98 Å². The van der Waals surface area contributed by atoms with E-state index in [4.69, 9.17) is 4.78 Å². The maximum absolute atomic E-state index is 12.4. The van der Waals surface area contributed by atoms with Crippen LogP contribution in [0.1, 0.15) is 31.5 Å². The molecular formula is C14H18N2OS2. The molecule has 3 nitrogen and oxygen atoms in total. The van der Waals surface area contributed by atoms with Crippen LogP contribution in [0.2, 0.25) is 0 Å². The highest BCUT2D eigenvalue weighted by Gasteiger charge is 2.20. The Morgan fingerprint density at radius 1 is 1.26 bits per heavy atom. The smallest absolute Gasteiger partial charge is 0.0982 e. The lowest BCUT2D eigenvalue weighted by Crippen LogP contribution is -2.11. The molecule has 0 saturated heterocycles. The molecule has 0 saturated carbocycles. The summed E-state index contributed by atoms with van der Waals surface area (Å²) in [7, 11) is -2.80. The first-order chi connectivity index (χ1) is 8.79. The van der Waals surface area contributed by atoms with Crippen LogP contribution in [0.5, 0.6) is 0 Å². The van der Waals surface area contributed by atoms with Gasteiger partial charge in [0.1, 0.15) is 0 Å². The van der Waals surface area contributed by atoms with Gasteiger partial charge >= 0.3 is 0 Å². The molecule has 5 heteroatoms. The monoisotopic (exact) mass is 294 g/mol. The van der Waals surface area contributed by atoms with Gasteiger partial charge in [0.25, 0.3) is 0 Å². The number of benzene rings is 1. The standard InChI is InChI=1S/C14H18N2OS2/c1-14(2,3)13-16-11(9-18-13)10-19(15,17)12-7-5-4-6-8-12/h4-9,15H,10H2,1-3H3. The molecule has 1 aromatic carbocycles. The predicted molar refractivity (Wildman–Crippen MR) is 80.1 cm³/mol. The van der Waals surface area contributed by atoms with E-state index in [1.807, 2.05) is 23.6 Å². The van der Waals surface area contributed by atoms with Gasteiger partial charge in [-0.15, -0.1) is 11.3 Å². The minimum absolute atomic E-state index is 0.00142. The van der Waals surface area contributed by atoms with Crippen molar-refractivity contribution in [2.24, 2.45) is 0 Å². The quantitative estimate of drug-likeness (QED) is 0.928. The highest BCUT2D eigenvalue weighted by molar-refractivity contribution is 7.91. The summed E-state index contributed by atoms with van der Waals surface area (Å²) in [5.74, 6) is 0.184. The molecule has 19 heavy (non-hydrogen) atoms. The molecule has 0 amide bonds. The molecule has 0 fully saturated rings. The van der Waals surface area contributed by atoms with Gasteiger partial charge in [-0.3, -0.25) is 0 Å². The molecule has 102 valence electrons. The summed E-state index contributed by atoms with van der Waals surface area (Å²) in [6.07, 6.45) is 0. The van der Waals surface area contributed by atoms with E-state index >= 15 is 0 Å². The Labute approximate surface area is 118 Å². The van der Waals surface area contributed by atoms with Gasteiger partial charge in [-0.2, -0.15) is 0 Å². The zero-order valence-electron chi connectivity index (χ0n) is 11.3. The number of hydrogen-bond acceptors (Lipinski definition) is 4. The van der Waals surface area contributed by atoms with Crippen LogP contribution in [0.15, 0.2) is 40.6 Å². The first kappa shape index (κ1) is 14.2. The molecular weight excluding hydrogens is 276 g/mol. The molecule has 0 aliphatic carbocycles. The lowest BCUT2D eigenvalue weighted by Gasteiger charge is -2.13. The Morgan fingerprint density at radius 3 is 2.42 bits per heavy atom. The van der Waals surface area contributed by atoms with Gasteiger partial charge in [-0.1, -0.05) is 39.0 Å². The Morgan fingerprint density at radius 2 is 1.89 bits per heavy atom. The summed E-state index contributed by atoms with van der Waals surface area (Å²) in [4.78, 5) is 5.08. The van der Waals surface area contributed by atoms with Crippen molar-refractivity contribution < 1.29 is 4.21 Å². The number of rotatable bonds is 3. The lowest BCUT2D eigenvalue weighted by atomic mass is 9.98. The molecule has 0 radical (unpaired) electrons. The van der Waals surface area contributed by atoms with Crippen molar-refractivity contribution in [1.29, 1.82) is 4.78 Å². The molecule has 0 spiro atoms. The highest BCUT2D eigenvalue weighted by Crippen LogP contribution is 2.27. The molecule has 2 aromatic rings. The summed E-state index contributed by atoms with van der Waals surface area (Å²) < 4.78 is 20.5. The van der Waals surface area contributed by atoms with E-state index in [1.54, 1.807) is 23.5 Å². The van der Waals surface area contributed by atoms with Crippen LogP contribution in [0.4, 0.5) is 0 Å². The fourth-order valence-corrected chi connectivity index (χ4v) is 3.99. The fourth-order valence-electron chi connectivity index (χ4n) is 1.65. The summed E-state index contributed by atoms with van der Waals surface area (Å²) in [5.41, 5.74) is 0.747. The Bertz CT molecular complexity index is 652. The molecule has 1 atom stereocenters. The summed E-state index contributed by atoms with van der Waals surface area (Å²) >= 11 is 1.57. The van der Waals surface area contributed by atoms with Crippen LogP contribution in [0.25, 0.3) is 0 Å². The number of thiazole rings is 1. The second-order valence-electron chi connectivity index (χ2n) is 5.53. The topological polar surface area (TPSA) is 53.8 Å². The minimum atomic E-state index is -2.80. The minimum Gasteiger partial charge on any atom is -0.249 e. The molecule has 0 aliphatic heterocycles. The van der Waals surface area contributed by atoms with Crippen LogP contribution in [0.3, 0.4) is 0 Å². The van der Waals surface area contributed by atoms with E-state index in [0.29, 0.717) is 4.90 Å². The molecule has 2 rings (SSSR count). The number of hydrogen-bond donors (Lipinski definition) is 1. The fraction of sp³-hybridized carbons (Fsp3) is 0.357. The maximum Gasteiger partial charge on any atom is 0.0982 e. The van der Waals surface area contributed by atoms with Gasteiger partial charge in [0, 0.05) is 15.7 Å². The molecule has 1 heterocycles. The second kappa shape index (κ2) is 5.06. The maximum atomic E-state index is 12.4. The Kier molecular flexibility index (Phi) is 3.78. The summed E-state index contributed by atoms with van der Waals surface area (Å²) in [6, 6.07) is 8.97. The van der Waals surface area contributed by atoms with E-state index in [1.165, 1.54) is 0 Å². The average Bonchev–Trinajstić information content (AvgIpc) is 2.78. The zero-order valence-corrected chi connectivity index (χ0v) is 13.0. The van der Waals surface area contributed by atoms with E-state index in [2.05, 4.69) is 25.8 Å². The second-order valence-corrected chi connectivity index (χ2v) is 8.50. The van der Waals surface area contributed by atoms with E-state index in [0.717, 1.165) is 10.7 Å². The van der Waals surface area contributed by atoms with E-state index in [9.17, 15) is 4.21 Å². The number of nitrogens with zero attached hydrogens (tertiary/aromatic N) is 1. The predicted octanol–water partition coefficient (Wildman–Crippen LogP) is 4.05. The molecule has 1 unspecified atom stereocenters. The van der Waals surface area contributed by atoms with Gasteiger partial charge in [-0.05, 0) is 12.1 Å². The normalized spacial score (nSPS) is 15.1. The van der Waals surface area contributed by atoms with Gasteiger partial charge in [0.2, 0.25) is 0 Å². The summed E-state index contributed by atoms with van der Waals surface area (Å²) in [6.45, 7) is 6.31. The van der Waals surface area contributed by atoms with E-state index in [-0.39, 0.29) is 11.2 Å². The third-order valence-electron chi connectivity index (χ3n) is 2.67. The van der Waals surface area contributed by atoms with Crippen molar-refractivity contribution in [3.05, 3.63) is 46.4 Å². The van der Waals surface area contributed by atoms with Crippen molar-refractivity contribution in [3.63, 3.8) is 0 Å². The lowest BCUT2D eigenvalue weighted by molar-refractivity contribution is 0.583. The Hall–Kier alpha value is -1.20. The van der Waals surface area contributed by atoms with Gasteiger partial charge in [0.15, 0.2) is 0 Å². The molecule has 0 bridgehead atoms. The van der Waals surface area contributed by atoms with Crippen LogP contribution in [-0.4, -0.2) is 9.19 Å². The molecule has 1 aromatic heterocycles. The first-order valence-corrected chi connectivity index (χ1v) is 8.66. The molecule has 0 aliphatic rings. The van der Waals surface area contributed by atoms with Crippen LogP contribution < -0.4 is 0 Å². The third-order valence-corrected chi connectivity index (χ3v) is 5.72.